The van der Waals surface area contributed by atoms with Crippen molar-refractivity contribution in [3.8, 4) is 0 Å². The minimum absolute atomic E-state index is 0.185. The fraction of sp³-hybridized carbons (Fsp3) is 0.750. The molecule has 0 saturated carbocycles. The highest BCUT2D eigenvalue weighted by Crippen LogP contribution is 2.14. The number of piperidine rings is 1. The Morgan fingerprint density at radius 3 is 2.79 bits per heavy atom. The lowest BCUT2D eigenvalue weighted by atomic mass is 10.1. The van der Waals surface area contributed by atoms with Crippen LogP contribution in [0.4, 0.5) is 0 Å². The van der Waals surface area contributed by atoms with Gasteiger partial charge in [-0.25, -0.2) is 0 Å². The maximum absolute atomic E-state index is 11.8. The summed E-state index contributed by atoms with van der Waals surface area (Å²) in [6, 6.07) is 0. The molecule has 1 aliphatic rings. The van der Waals surface area contributed by atoms with Crippen LogP contribution < -0.4 is 5.32 Å². The lowest BCUT2D eigenvalue weighted by Gasteiger charge is -2.29. The summed E-state index contributed by atoms with van der Waals surface area (Å²) >= 11 is 6.76. The van der Waals surface area contributed by atoms with E-state index >= 15 is 0 Å². The number of carbonyl (C=O) groups excluding carboxylic acids is 1. The number of amides is 1. The molecule has 0 aromatic carbocycles. The maximum atomic E-state index is 11.8. The molecule has 1 aromatic heterocycles. The first-order chi connectivity index (χ1) is 9.15. The summed E-state index contributed by atoms with van der Waals surface area (Å²) in [6.45, 7) is 6.22. The quantitative estimate of drug-likeness (QED) is 0.904. The summed E-state index contributed by atoms with van der Waals surface area (Å²) < 4.78 is 0.298. The van der Waals surface area contributed by atoms with Gasteiger partial charge in [-0.1, -0.05) is 24.7 Å². The lowest BCUT2D eigenvalue weighted by Crippen LogP contribution is -2.38. The minimum atomic E-state index is -0.185. The number of nitrogens with one attached hydrogen (secondary N) is 1. The van der Waals surface area contributed by atoms with E-state index in [-0.39, 0.29) is 5.91 Å². The first-order valence-corrected chi connectivity index (χ1v) is 7.84. The number of rotatable bonds is 5. The molecule has 1 fully saturated rings. The lowest BCUT2D eigenvalue weighted by molar-refractivity contribution is 0.0941. The maximum Gasteiger partial charge on any atom is 0.282 e. The van der Waals surface area contributed by atoms with Gasteiger partial charge in [-0.05, 0) is 43.5 Å². The largest absolute Gasteiger partial charge is 0.350 e. The Morgan fingerprint density at radius 2 is 2.16 bits per heavy atom. The molecular formula is C12H19ClN4OS. The van der Waals surface area contributed by atoms with Crippen LogP contribution in [0, 0.1) is 5.92 Å². The van der Waals surface area contributed by atoms with Crippen molar-refractivity contribution >= 4 is 28.8 Å². The van der Waals surface area contributed by atoms with Gasteiger partial charge < -0.3 is 10.2 Å². The zero-order valence-electron chi connectivity index (χ0n) is 11.1. The summed E-state index contributed by atoms with van der Waals surface area (Å²) in [5.41, 5.74) is 0. The minimum Gasteiger partial charge on any atom is -0.350 e. The highest BCUT2D eigenvalue weighted by Gasteiger charge is 2.16. The van der Waals surface area contributed by atoms with Crippen molar-refractivity contribution < 1.29 is 4.79 Å². The zero-order chi connectivity index (χ0) is 13.7. The summed E-state index contributed by atoms with van der Waals surface area (Å²) in [5.74, 6) is 0.250. The van der Waals surface area contributed by atoms with Crippen molar-refractivity contribution in [3.63, 3.8) is 0 Å². The number of halogens is 1. The average molecular weight is 303 g/mol. The van der Waals surface area contributed by atoms with E-state index in [1.807, 2.05) is 0 Å². The number of likely N-dealkylation sites (tertiary alicyclic amines) is 1. The zero-order valence-corrected chi connectivity index (χ0v) is 12.6. The second-order valence-corrected chi connectivity index (χ2v) is 6.60. The van der Waals surface area contributed by atoms with E-state index in [9.17, 15) is 4.79 Å². The second-order valence-electron chi connectivity index (χ2n) is 5.04. The van der Waals surface area contributed by atoms with E-state index in [0.29, 0.717) is 21.9 Å². The molecule has 5 nitrogen and oxygen atoms in total. The second kappa shape index (κ2) is 7.17. The number of aromatic nitrogens is 2. The van der Waals surface area contributed by atoms with Crippen LogP contribution in [0.5, 0.6) is 0 Å². The monoisotopic (exact) mass is 302 g/mol. The van der Waals surface area contributed by atoms with E-state index in [0.717, 1.165) is 17.9 Å². The first kappa shape index (κ1) is 14.7. The smallest absolute Gasteiger partial charge is 0.282 e. The Hall–Kier alpha value is -0.720. The SMILES string of the molecule is CC(CNC(=O)c1nnc(Cl)s1)CN1CCCCC1. The van der Waals surface area contributed by atoms with Gasteiger partial charge in [-0.3, -0.25) is 4.79 Å². The molecule has 0 radical (unpaired) electrons. The van der Waals surface area contributed by atoms with Crippen LogP contribution in [-0.4, -0.2) is 47.2 Å². The normalized spacial score (nSPS) is 18.2. The Kier molecular flexibility index (Phi) is 5.54. The van der Waals surface area contributed by atoms with Crippen LogP contribution in [-0.2, 0) is 0 Å². The molecule has 1 aromatic rings. The first-order valence-electron chi connectivity index (χ1n) is 6.64. The molecule has 0 bridgehead atoms. The molecule has 7 heteroatoms. The molecule has 0 aliphatic carbocycles. The van der Waals surface area contributed by atoms with Crippen molar-refractivity contribution in [1.82, 2.24) is 20.4 Å². The summed E-state index contributed by atoms with van der Waals surface area (Å²) in [4.78, 5) is 14.3. The molecule has 19 heavy (non-hydrogen) atoms. The number of carbonyl (C=O) groups is 1. The van der Waals surface area contributed by atoms with Crippen molar-refractivity contribution in [2.75, 3.05) is 26.2 Å². The number of hydrogen-bond donors (Lipinski definition) is 1. The Morgan fingerprint density at radius 1 is 1.42 bits per heavy atom. The predicted octanol–water partition coefficient (Wildman–Crippen LogP) is 2.04. The third-order valence-corrected chi connectivity index (χ3v) is 4.24. The van der Waals surface area contributed by atoms with Gasteiger partial charge in [-0.2, -0.15) is 0 Å². The molecule has 0 spiro atoms. The summed E-state index contributed by atoms with van der Waals surface area (Å²) in [6.07, 6.45) is 3.93. The van der Waals surface area contributed by atoms with Crippen LogP contribution >= 0.6 is 22.9 Å². The van der Waals surface area contributed by atoms with Crippen LogP contribution in [0.1, 0.15) is 36.0 Å². The predicted molar refractivity (Wildman–Crippen MR) is 76.7 cm³/mol. The van der Waals surface area contributed by atoms with Crippen LogP contribution in [0.2, 0.25) is 4.47 Å². The molecule has 1 aliphatic heterocycles. The molecule has 2 rings (SSSR count). The molecule has 1 unspecified atom stereocenters. The molecular weight excluding hydrogens is 284 g/mol. The standard InChI is InChI=1S/C12H19ClN4OS/c1-9(8-17-5-3-2-4-6-17)7-14-10(18)11-15-16-12(13)19-11/h9H,2-8H2,1H3,(H,14,18). The van der Waals surface area contributed by atoms with Crippen molar-refractivity contribution in [2.24, 2.45) is 5.92 Å². The van der Waals surface area contributed by atoms with Crippen molar-refractivity contribution in [3.05, 3.63) is 9.47 Å². The van der Waals surface area contributed by atoms with E-state index in [2.05, 4.69) is 27.3 Å². The topological polar surface area (TPSA) is 58.1 Å². The van der Waals surface area contributed by atoms with Gasteiger partial charge in [-0.15, -0.1) is 10.2 Å². The molecule has 1 atom stereocenters. The highest BCUT2D eigenvalue weighted by molar-refractivity contribution is 7.17. The van der Waals surface area contributed by atoms with Gasteiger partial charge in [0.05, 0.1) is 0 Å². The fourth-order valence-electron chi connectivity index (χ4n) is 2.29. The molecule has 106 valence electrons. The van der Waals surface area contributed by atoms with Gasteiger partial charge in [0.2, 0.25) is 9.47 Å². The van der Waals surface area contributed by atoms with Crippen molar-refractivity contribution in [2.45, 2.75) is 26.2 Å². The van der Waals surface area contributed by atoms with Gasteiger partial charge >= 0.3 is 0 Å². The van der Waals surface area contributed by atoms with Gasteiger partial charge in [0.1, 0.15) is 0 Å². The van der Waals surface area contributed by atoms with Crippen LogP contribution in [0.3, 0.4) is 0 Å². The van der Waals surface area contributed by atoms with E-state index in [1.165, 1.54) is 32.4 Å². The van der Waals surface area contributed by atoms with Gasteiger partial charge in [0, 0.05) is 13.1 Å². The third-order valence-electron chi connectivity index (χ3n) is 3.22. The summed E-state index contributed by atoms with van der Waals surface area (Å²) in [7, 11) is 0. The highest BCUT2D eigenvalue weighted by atomic mass is 35.5. The Labute approximate surface area is 122 Å². The molecule has 1 amide bonds. The molecule has 2 heterocycles. The van der Waals surface area contributed by atoms with E-state index in [4.69, 9.17) is 11.6 Å². The summed E-state index contributed by atoms with van der Waals surface area (Å²) in [5, 5.41) is 10.6. The van der Waals surface area contributed by atoms with Crippen molar-refractivity contribution in [1.29, 1.82) is 0 Å². The van der Waals surface area contributed by atoms with E-state index < -0.39 is 0 Å². The molecule has 1 saturated heterocycles. The Balaban J connectivity index is 1.70. The van der Waals surface area contributed by atoms with Gasteiger partial charge in [0.15, 0.2) is 0 Å². The van der Waals surface area contributed by atoms with Crippen LogP contribution in [0.15, 0.2) is 0 Å². The third kappa shape index (κ3) is 4.71. The van der Waals surface area contributed by atoms with Gasteiger partial charge in [0.25, 0.3) is 5.91 Å². The average Bonchev–Trinajstić information content (AvgIpc) is 2.84. The fourth-order valence-corrected chi connectivity index (χ4v) is 3.03. The van der Waals surface area contributed by atoms with Crippen LogP contribution in [0.25, 0.3) is 0 Å². The van der Waals surface area contributed by atoms with E-state index in [1.54, 1.807) is 0 Å². The Bertz CT molecular complexity index is 420. The number of nitrogens with zero attached hydrogens (tertiary/aromatic N) is 3. The number of hydrogen-bond acceptors (Lipinski definition) is 5. The molecule has 1 N–H and O–H groups in total.